The molecule has 3 fully saturated rings. The second kappa shape index (κ2) is 10.9. The van der Waals surface area contributed by atoms with Crippen LogP contribution in [0.25, 0.3) is 11.3 Å². The third-order valence-corrected chi connectivity index (χ3v) is 8.91. The Hall–Kier alpha value is -3.22. The molecule has 2 aromatic carbocycles. The molecular weight excluding hydrogens is 545 g/mol. The largest absolute Gasteiger partial charge is 0.573 e. The number of aromatic nitrogens is 1. The summed E-state index contributed by atoms with van der Waals surface area (Å²) in [5.41, 5.74) is 7.07. The highest BCUT2D eigenvalue weighted by atomic mass is 28.3. The summed E-state index contributed by atoms with van der Waals surface area (Å²) in [6.07, 6.45) is 1.26. The van der Waals surface area contributed by atoms with E-state index in [0.29, 0.717) is 17.8 Å². The summed E-state index contributed by atoms with van der Waals surface area (Å²) >= 11 is 0. The number of para-hydroxylation sites is 1. The minimum absolute atomic E-state index is 0.0575. The first-order chi connectivity index (χ1) is 19.5. The van der Waals surface area contributed by atoms with Crippen LogP contribution in [0.5, 0.6) is 5.75 Å². The van der Waals surface area contributed by atoms with Crippen molar-refractivity contribution in [1.82, 2.24) is 5.16 Å². The third kappa shape index (κ3) is 6.49. The summed E-state index contributed by atoms with van der Waals surface area (Å²) in [5, 5.41) is 4.21. The fourth-order valence-corrected chi connectivity index (χ4v) is 6.60. The molecule has 2 saturated heterocycles. The zero-order chi connectivity index (χ0) is 28.8. The molecule has 3 atom stereocenters. The van der Waals surface area contributed by atoms with Gasteiger partial charge >= 0.3 is 6.36 Å². The Labute approximate surface area is 240 Å². The Balaban J connectivity index is 1.16. The normalized spacial score (nSPS) is 22.4. The fraction of sp³-hybridized carbons (Fsp3) is 0.469. The van der Waals surface area contributed by atoms with Crippen LogP contribution in [0.15, 0.2) is 53.1 Å². The van der Waals surface area contributed by atoms with E-state index in [2.05, 4.69) is 70.2 Å². The molecule has 41 heavy (non-hydrogen) atoms. The lowest BCUT2D eigenvalue weighted by Crippen LogP contribution is -2.45. The number of hydrogen-bond acceptors (Lipinski definition) is 5. The van der Waals surface area contributed by atoms with Crippen LogP contribution in [0.4, 0.5) is 18.9 Å². The van der Waals surface area contributed by atoms with Crippen LogP contribution in [0.2, 0.25) is 19.6 Å². The molecule has 1 unspecified atom stereocenters. The van der Waals surface area contributed by atoms with Crippen molar-refractivity contribution in [3.63, 3.8) is 0 Å². The van der Waals surface area contributed by atoms with Gasteiger partial charge in [0.05, 0.1) is 12.7 Å². The number of ether oxygens (including phenoxy) is 2. The fourth-order valence-electron chi connectivity index (χ4n) is 6.08. The Kier molecular flexibility index (Phi) is 7.41. The standard InChI is InChI=1S/C32H35F3N2O3Si/c1-41(2,3)17-16-21-8-12-23(13-9-21)37-24-14-15-25(37)19-26(18-24)38-20-28-30(36-40-31(28)22-10-11-22)27-6-4-5-7-29(27)39-32(33,34)35/h4-9,12-13,22,24-26H,10-11,14-15,18-20H2,1-3H3/t24-,25+,26?. The number of rotatable bonds is 7. The quantitative estimate of drug-likeness (QED) is 0.209. The van der Waals surface area contributed by atoms with E-state index < -0.39 is 14.4 Å². The van der Waals surface area contributed by atoms with E-state index >= 15 is 0 Å². The van der Waals surface area contributed by atoms with Crippen molar-refractivity contribution in [2.75, 3.05) is 4.90 Å². The van der Waals surface area contributed by atoms with Gasteiger partial charge in [-0.25, -0.2) is 0 Å². The topological polar surface area (TPSA) is 47.7 Å². The predicted octanol–water partition coefficient (Wildman–Crippen LogP) is 8.06. The van der Waals surface area contributed by atoms with Gasteiger partial charge in [0.25, 0.3) is 0 Å². The molecule has 0 radical (unpaired) electrons. The van der Waals surface area contributed by atoms with E-state index in [4.69, 9.17) is 9.26 Å². The van der Waals surface area contributed by atoms with Gasteiger partial charge in [0.1, 0.15) is 25.3 Å². The van der Waals surface area contributed by atoms with Crippen molar-refractivity contribution < 1.29 is 27.2 Å². The van der Waals surface area contributed by atoms with Crippen LogP contribution in [-0.4, -0.2) is 37.8 Å². The van der Waals surface area contributed by atoms with Crippen LogP contribution in [0, 0.1) is 11.5 Å². The predicted molar refractivity (Wildman–Crippen MR) is 154 cm³/mol. The monoisotopic (exact) mass is 580 g/mol. The van der Waals surface area contributed by atoms with Crippen LogP contribution in [0.3, 0.4) is 0 Å². The highest BCUT2D eigenvalue weighted by Gasteiger charge is 2.42. The molecule has 0 amide bonds. The van der Waals surface area contributed by atoms with Crippen molar-refractivity contribution in [2.45, 2.75) is 95.2 Å². The molecular formula is C32H35F3N2O3Si. The first-order valence-electron chi connectivity index (χ1n) is 14.4. The smallest absolute Gasteiger partial charge is 0.405 e. The van der Waals surface area contributed by atoms with Gasteiger partial charge in [-0.15, -0.1) is 18.7 Å². The minimum Gasteiger partial charge on any atom is -0.405 e. The second-order valence-electron chi connectivity index (χ2n) is 12.4. The van der Waals surface area contributed by atoms with Gasteiger partial charge in [0.15, 0.2) is 0 Å². The van der Waals surface area contributed by atoms with Gasteiger partial charge in [-0.3, -0.25) is 0 Å². The van der Waals surface area contributed by atoms with Crippen molar-refractivity contribution >= 4 is 13.8 Å². The number of benzene rings is 2. The van der Waals surface area contributed by atoms with Crippen molar-refractivity contribution in [3.05, 3.63) is 65.4 Å². The molecule has 216 valence electrons. The third-order valence-electron chi connectivity index (χ3n) is 8.04. The maximum absolute atomic E-state index is 13.1. The molecule has 1 aliphatic carbocycles. The van der Waals surface area contributed by atoms with Crippen LogP contribution in [0.1, 0.15) is 61.3 Å². The molecule has 1 saturated carbocycles. The van der Waals surface area contributed by atoms with Crippen molar-refractivity contribution in [2.24, 2.45) is 0 Å². The number of piperidine rings is 1. The van der Waals surface area contributed by atoms with E-state index in [1.54, 1.807) is 12.1 Å². The molecule has 0 spiro atoms. The second-order valence-corrected chi connectivity index (χ2v) is 17.2. The van der Waals surface area contributed by atoms with Crippen molar-refractivity contribution in [3.8, 4) is 28.5 Å². The minimum atomic E-state index is -4.80. The highest BCUT2D eigenvalue weighted by Crippen LogP contribution is 2.46. The molecule has 3 aliphatic rings. The lowest BCUT2D eigenvalue weighted by Gasteiger charge is -2.40. The van der Waals surface area contributed by atoms with E-state index in [9.17, 15) is 13.2 Å². The maximum Gasteiger partial charge on any atom is 0.573 e. The summed E-state index contributed by atoms with van der Waals surface area (Å²) in [5.74, 6) is 4.00. The number of nitrogens with zero attached hydrogens (tertiary/aromatic N) is 2. The average Bonchev–Trinajstić information content (AvgIpc) is 3.62. The lowest BCUT2D eigenvalue weighted by atomic mass is 9.98. The van der Waals surface area contributed by atoms with Gasteiger partial charge in [0.2, 0.25) is 0 Å². The summed E-state index contributed by atoms with van der Waals surface area (Å²) in [7, 11) is -1.42. The Bertz CT molecular complexity index is 1430. The zero-order valence-electron chi connectivity index (χ0n) is 23.6. The molecule has 6 rings (SSSR count). The first kappa shape index (κ1) is 27.9. The van der Waals surface area contributed by atoms with Gasteiger partial charge < -0.3 is 18.9 Å². The number of alkyl halides is 3. The van der Waals surface area contributed by atoms with E-state index in [-0.39, 0.29) is 29.9 Å². The molecule has 9 heteroatoms. The number of halogens is 3. The summed E-state index contributed by atoms with van der Waals surface area (Å²) in [6.45, 7) is 6.99. The van der Waals surface area contributed by atoms with Crippen LogP contribution < -0.4 is 9.64 Å². The molecule has 3 heterocycles. The maximum atomic E-state index is 13.1. The van der Waals surface area contributed by atoms with E-state index in [0.717, 1.165) is 55.4 Å². The number of fused-ring (bicyclic) bond motifs is 2. The van der Waals surface area contributed by atoms with Gasteiger partial charge in [0, 0.05) is 40.4 Å². The highest BCUT2D eigenvalue weighted by molar-refractivity contribution is 6.83. The van der Waals surface area contributed by atoms with E-state index in [1.807, 2.05) is 0 Å². The van der Waals surface area contributed by atoms with Gasteiger partial charge in [-0.2, -0.15) is 0 Å². The Morgan fingerprint density at radius 3 is 2.29 bits per heavy atom. The van der Waals surface area contributed by atoms with Crippen LogP contribution in [-0.2, 0) is 11.3 Å². The van der Waals surface area contributed by atoms with Crippen molar-refractivity contribution in [1.29, 1.82) is 0 Å². The van der Waals surface area contributed by atoms with Gasteiger partial charge in [-0.1, -0.05) is 42.9 Å². The molecule has 3 aromatic rings. The molecule has 2 bridgehead atoms. The molecule has 0 N–H and O–H groups in total. The zero-order valence-corrected chi connectivity index (χ0v) is 24.6. The SMILES string of the molecule is C[Si](C)(C)C#Cc1ccc(N2[C@@H]3CC[C@H]2CC(OCc2c(-c4ccccc4OC(F)(F)F)noc2C2CC2)C3)cc1. The number of hydrogen-bond donors (Lipinski definition) is 0. The molecule has 2 aliphatic heterocycles. The van der Waals surface area contributed by atoms with E-state index in [1.165, 1.54) is 17.8 Å². The van der Waals surface area contributed by atoms with Gasteiger partial charge in [-0.05, 0) is 74.9 Å². The summed E-state index contributed by atoms with van der Waals surface area (Å²) < 4.78 is 55.8. The number of anilines is 1. The average molecular weight is 581 g/mol. The summed E-state index contributed by atoms with van der Waals surface area (Å²) in [4.78, 5) is 2.54. The Morgan fingerprint density at radius 1 is 0.976 bits per heavy atom. The first-order valence-corrected chi connectivity index (χ1v) is 17.9. The van der Waals surface area contributed by atoms with Crippen LogP contribution >= 0.6 is 0 Å². The molecule has 5 nitrogen and oxygen atoms in total. The Morgan fingerprint density at radius 2 is 1.66 bits per heavy atom. The summed E-state index contributed by atoms with van der Waals surface area (Å²) in [6, 6.07) is 15.5. The molecule has 1 aromatic heterocycles. The lowest BCUT2D eigenvalue weighted by molar-refractivity contribution is -0.274.